The highest BCUT2D eigenvalue weighted by Gasteiger charge is 2.15. The number of aliphatic hydroxyl groups excluding tert-OH is 1. The number of halogens is 1. The molecule has 1 heterocycles. The van der Waals surface area contributed by atoms with E-state index < -0.39 is 6.10 Å². The number of benzene rings is 2. The zero-order chi connectivity index (χ0) is 12.5. The van der Waals surface area contributed by atoms with Gasteiger partial charge in [-0.1, -0.05) is 30.3 Å². The van der Waals surface area contributed by atoms with Crippen molar-refractivity contribution < 1.29 is 13.9 Å². The van der Waals surface area contributed by atoms with Gasteiger partial charge in [-0.3, -0.25) is 0 Å². The largest absolute Gasteiger partial charge is 0.458 e. The predicted molar refractivity (Wildman–Crippen MR) is 66.7 cm³/mol. The minimum Gasteiger partial charge on any atom is -0.458 e. The van der Waals surface area contributed by atoms with Gasteiger partial charge in [-0.05, 0) is 29.8 Å². The molecule has 0 aliphatic rings. The van der Waals surface area contributed by atoms with Crippen molar-refractivity contribution in [2.45, 2.75) is 6.10 Å². The van der Waals surface area contributed by atoms with Gasteiger partial charge in [-0.25, -0.2) is 4.39 Å². The second-order valence-corrected chi connectivity index (χ2v) is 4.14. The van der Waals surface area contributed by atoms with Crippen LogP contribution in [-0.4, -0.2) is 5.11 Å². The lowest BCUT2D eigenvalue weighted by Crippen LogP contribution is -1.97. The lowest BCUT2D eigenvalue weighted by molar-refractivity contribution is 0.192. The van der Waals surface area contributed by atoms with Crippen molar-refractivity contribution in [3.05, 3.63) is 71.7 Å². The number of aliphatic hydroxyl groups is 1. The van der Waals surface area contributed by atoms with Gasteiger partial charge in [0.25, 0.3) is 0 Å². The van der Waals surface area contributed by atoms with Crippen LogP contribution in [0.3, 0.4) is 0 Å². The van der Waals surface area contributed by atoms with Gasteiger partial charge < -0.3 is 9.52 Å². The summed E-state index contributed by atoms with van der Waals surface area (Å²) in [6.45, 7) is 0. The molecular formula is C15H11FO2. The van der Waals surface area contributed by atoms with Crippen LogP contribution in [0.4, 0.5) is 4.39 Å². The molecule has 0 bridgehead atoms. The van der Waals surface area contributed by atoms with E-state index >= 15 is 0 Å². The van der Waals surface area contributed by atoms with Crippen molar-refractivity contribution >= 4 is 11.0 Å². The van der Waals surface area contributed by atoms with Gasteiger partial charge in [-0.2, -0.15) is 0 Å². The van der Waals surface area contributed by atoms with Gasteiger partial charge >= 0.3 is 0 Å². The van der Waals surface area contributed by atoms with E-state index in [4.69, 9.17) is 4.42 Å². The molecule has 1 atom stereocenters. The number of hydrogen-bond acceptors (Lipinski definition) is 2. The topological polar surface area (TPSA) is 33.4 Å². The molecule has 0 saturated heterocycles. The molecule has 1 aromatic heterocycles. The molecule has 3 rings (SSSR count). The molecule has 3 heteroatoms. The molecule has 0 aliphatic heterocycles. The smallest absolute Gasteiger partial charge is 0.138 e. The van der Waals surface area contributed by atoms with Gasteiger partial charge in [0.2, 0.25) is 0 Å². The van der Waals surface area contributed by atoms with Crippen LogP contribution in [0.1, 0.15) is 17.4 Å². The van der Waals surface area contributed by atoms with Gasteiger partial charge in [0.15, 0.2) is 0 Å². The maximum absolute atomic E-state index is 12.8. The first-order valence-corrected chi connectivity index (χ1v) is 5.66. The molecule has 2 aromatic carbocycles. The van der Waals surface area contributed by atoms with Crippen LogP contribution in [0.25, 0.3) is 11.0 Å². The molecule has 0 spiro atoms. The summed E-state index contributed by atoms with van der Waals surface area (Å²) in [5.74, 6) is 0.137. The van der Waals surface area contributed by atoms with Crippen LogP contribution in [0.15, 0.2) is 59.0 Å². The SMILES string of the molecule is OC(c1ccc(F)cc1)c1cc2ccccc2o1. The number of hydrogen-bond donors (Lipinski definition) is 1. The van der Waals surface area contributed by atoms with Crippen molar-refractivity contribution in [2.24, 2.45) is 0 Å². The van der Waals surface area contributed by atoms with E-state index in [1.165, 1.54) is 12.1 Å². The molecular weight excluding hydrogens is 231 g/mol. The summed E-state index contributed by atoms with van der Waals surface area (Å²) in [5, 5.41) is 11.1. The first-order chi connectivity index (χ1) is 8.74. The van der Waals surface area contributed by atoms with E-state index in [0.717, 1.165) is 11.0 Å². The minimum absolute atomic E-state index is 0.324. The summed E-state index contributed by atoms with van der Waals surface area (Å²) < 4.78 is 18.4. The number of para-hydroxylation sites is 1. The standard InChI is InChI=1S/C15H11FO2/c16-12-7-5-10(6-8-12)15(17)14-9-11-3-1-2-4-13(11)18-14/h1-9,15,17H. The van der Waals surface area contributed by atoms with E-state index in [1.807, 2.05) is 24.3 Å². The van der Waals surface area contributed by atoms with E-state index in [1.54, 1.807) is 18.2 Å². The number of furan rings is 1. The van der Waals surface area contributed by atoms with Gasteiger partial charge in [0.05, 0.1) is 0 Å². The van der Waals surface area contributed by atoms with Crippen LogP contribution in [0.2, 0.25) is 0 Å². The Morgan fingerprint density at radius 1 is 1.00 bits per heavy atom. The summed E-state index contributed by atoms with van der Waals surface area (Å²) in [5.41, 5.74) is 1.34. The van der Waals surface area contributed by atoms with Crippen LogP contribution in [0, 0.1) is 5.82 Å². The first kappa shape index (κ1) is 11.0. The highest BCUT2D eigenvalue weighted by Crippen LogP contribution is 2.28. The summed E-state index contributed by atoms with van der Waals surface area (Å²) in [6.07, 6.45) is -0.877. The van der Waals surface area contributed by atoms with E-state index in [0.29, 0.717) is 11.3 Å². The Bertz CT molecular complexity index is 637. The molecule has 18 heavy (non-hydrogen) atoms. The Morgan fingerprint density at radius 3 is 2.44 bits per heavy atom. The van der Waals surface area contributed by atoms with Gasteiger partial charge in [0, 0.05) is 5.39 Å². The number of fused-ring (bicyclic) bond motifs is 1. The van der Waals surface area contributed by atoms with Crippen molar-refractivity contribution in [2.75, 3.05) is 0 Å². The second kappa shape index (κ2) is 4.27. The normalized spacial score (nSPS) is 12.8. The molecule has 3 aromatic rings. The molecule has 0 saturated carbocycles. The van der Waals surface area contributed by atoms with Crippen LogP contribution in [0.5, 0.6) is 0 Å². The molecule has 90 valence electrons. The summed E-state index contributed by atoms with van der Waals surface area (Å²) in [7, 11) is 0. The molecule has 0 fully saturated rings. The monoisotopic (exact) mass is 242 g/mol. The zero-order valence-corrected chi connectivity index (χ0v) is 9.51. The summed E-state index contributed by atoms with van der Waals surface area (Å²) >= 11 is 0. The van der Waals surface area contributed by atoms with Crippen molar-refractivity contribution in [1.29, 1.82) is 0 Å². The quantitative estimate of drug-likeness (QED) is 0.744. The summed E-state index contributed by atoms with van der Waals surface area (Å²) in [6, 6.07) is 15.1. The Hall–Kier alpha value is -2.13. The fourth-order valence-corrected chi connectivity index (χ4v) is 1.95. The Kier molecular flexibility index (Phi) is 2.61. The van der Waals surface area contributed by atoms with E-state index in [-0.39, 0.29) is 5.82 Å². The van der Waals surface area contributed by atoms with Crippen molar-refractivity contribution in [1.82, 2.24) is 0 Å². The molecule has 1 N–H and O–H groups in total. The third kappa shape index (κ3) is 1.89. The minimum atomic E-state index is -0.877. The van der Waals surface area contributed by atoms with Crippen molar-refractivity contribution in [3.63, 3.8) is 0 Å². The van der Waals surface area contributed by atoms with E-state index in [9.17, 15) is 9.50 Å². The molecule has 0 aliphatic carbocycles. The second-order valence-electron chi connectivity index (χ2n) is 4.14. The van der Waals surface area contributed by atoms with E-state index in [2.05, 4.69) is 0 Å². The first-order valence-electron chi connectivity index (χ1n) is 5.66. The van der Waals surface area contributed by atoms with Gasteiger partial charge in [-0.15, -0.1) is 0 Å². The van der Waals surface area contributed by atoms with Gasteiger partial charge in [0.1, 0.15) is 23.3 Å². The fraction of sp³-hybridized carbons (Fsp3) is 0.0667. The Morgan fingerprint density at radius 2 is 1.72 bits per heavy atom. The average molecular weight is 242 g/mol. The van der Waals surface area contributed by atoms with Crippen LogP contribution >= 0.6 is 0 Å². The lowest BCUT2D eigenvalue weighted by atomic mass is 10.1. The zero-order valence-electron chi connectivity index (χ0n) is 9.51. The molecule has 0 radical (unpaired) electrons. The maximum Gasteiger partial charge on any atom is 0.138 e. The Balaban J connectivity index is 2.00. The highest BCUT2D eigenvalue weighted by molar-refractivity contribution is 5.77. The third-order valence-electron chi connectivity index (χ3n) is 2.90. The maximum atomic E-state index is 12.8. The predicted octanol–water partition coefficient (Wildman–Crippen LogP) is 3.65. The van der Waals surface area contributed by atoms with Crippen molar-refractivity contribution in [3.8, 4) is 0 Å². The molecule has 2 nitrogen and oxygen atoms in total. The molecule has 0 amide bonds. The average Bonchev–Trinajstić information content (AvgIpc) is 2.82. The lowest BCUT2D eigenvalue weighted by Gasteiger charge is -2.07. The fourth-order valence-electron chi connectivity index (χ4n) is 1.95. The highest BCUT2D eigenvalue weighted by atomic mass is 19.1. The van der Waals surface area contributed by atoms with Crippen LogP contribution in [-0.2, 0) is 0 Å². The summed E-state index contributed by atoms with van der Waals surface area (Å²) in [4.78, 5) is 0. The number of rotatable bonds is 2. The molecule has 1 unspecified atom stereocenters. The third-order valence-corrected chi connectivity index (χ3v) is 2.90. The Labute approximate surface area is 103 Å². The van der Waals surface area contributed by atoms with Crippen LogP contribution < -0.4 is 0 Å².